The van der Waals surface area contributed by atoms with Crippen molar-refractivity contribution in [1.29, 1.82) is 0 Å². The number of rotatable bonds is 2. The summed E-state index contributed by atoms with van der Waals surface area (Å²) in [6, 6.07) is 0.520. The zero-order chi connectivity index (χ0) is 11.7. The van der Waals surface area contributed by atoms with Crippen molar-refractivity contribution in [1.82, 2.24) is 20.5 Å². The molecule has 0 saturated carbocycles. The van der Waals surface area contributed by atoms with Gasteiger partial charge in [-0.15, -0.1) is 5.10 Å². The van der Waals surface area contributed by atoms with Crippen LogP contribution in [0.25, 0.3) is 0 Å². The van der Waals surface area contributed by atoms with Crippen LogP contribution in [0.1, 0.15) is 30.8 Å². The van der Waals surface area contributed by atoms with Crippen LogP contribution in [0.15, 0.2) is 0 Å². The van der Waals surface area contributed by atoms with Crippen LogP contribution in [0.2, 0.25) is 0 Å². The maximum atomic E-state index is 4.66. The Morgan fingerprint density at radius 1 is 1.47 bits per heavy atom. The van der Waals surface area contributed by atoms with Crippen LogP contribution in [0, 0.1) is 0 Å². The Kier molecular flexibility index (Phi) is 3.24. The van der Waals surface area contributed by atoms with Gasteiger partial charge in [0.2, 0.25) is 5.95 Å². The fraction of sp³-hybridized carbons (Fsp3) is 0.818. The van der Waals surface area contributed by atoms with Gasteiger partial charge in [0, 0.05) is 25.7 Å². The normalized spacial score (nSPS) is 29.8. The fourth-order valence-electron chi connectivity index (χ4n) is 2.46. The van der Waals surface area contributed by atoms with E-state index in [-0.39, 0.29) is 0 Å². The molecule has 5 nitrogen and oxygen atoms in total. The summed E-state index contributed by atoms with van der Waals surface area (Å²) in [4.78, 5) is 6.93. The van der Waals surface area contributed by atoms with Crippen LogP contribution < -0.4 is 10.2 Å². The summed E-state index contributed by atoms with van der Waals surface area (Å²) in [6.45, 7) is 5.21. The Bertz CT molecular complexity index is 374. The maximum Gasteiger partial charge on any atom is 0.244 e. The van der Waals surface area contributed by atoms with E-state index in [0.29, 0.717) is 11.3 Å². The summed E-state index contributed by atoms with van der Waals surface area (Å²) in [5.41, 5.74) is 0. The van der Waals surface area contributed by atoms with Gasteiger partial charge in [-0.2, -0.15) is 16.7 Å². The number of aromatic amines is 1. The summed E-state index contributed by atoms with van der Waals surface area (Å²) in [5, 5.41) is 11.5. The number of anilines is 1. The molecule has 2 saturated heterocycles. The molecule has 2 aliphatic heterocycles. The lowest BCUT2D eigenvalue weighted by molar-refractivity contribution is 0.479. The van der Waals surface area contributed by atoms with Gasteiger partial charge in [0.1, 0.15) is 5.82 Å². The first-order valence-electron chi connectivity index (χ1n) is 6.35. The van der Waals surface area contributed by atoms with Gasteiger partial charge in [0.25, 0.3) is 0 Å². The number of nitrogens with zero attached hydrogens (tertiary/aromatic N) is 3. The zero-order valence-corrected chi connectivity index (χ0v) is 11.0. The number of hydrogen-bond acceptors (Lipinski definition) is 5. The van der Waals surface area contributed by atoms with Crippen LogP contribution in [-0.4, -0.2) is 46.6 Å². The molecule has 0 spiro atoms. The molecule has 2 aliphatic rings. The molecule has 1 aromatic rings. The minimum absolute atomic E-state index is 0.520. The predicted molar refractivity (Wildman–Crippen MR) is 70.5 cm³/mol. The lowest BCUT2D eigenvalue weighted by Gasteiger charge is -2.30. The Hall–Kier alpha value is -0.750. The van der Waals surface area contributed by atoms with Gasteiger partial charge in [-0.05, 0) is 25.5 Å². The number of hydrogen-bond donors (Lipinski definition) is 2. The molecule has 2 atom stereocenters. The van der Waals surface area contributed by atoms with Gasteiger partial charge in [0.05, 0.1) is 5.25 Å². The fourth-order valence-corrected chi connectivity index (χ4v) is 3.67. The van der Waals surface area contributed by atoms with Crippen molar-refractivity contribution in [2.24, 2.45) is 0 Å². The van der Waals surface area contributed by atoms with Crippen molar-refractivity contribution in [3.05, 3.63) is 5.82 Å². The summed E-state index contributed by atoms with van der Waals surface area (Å²) < 4.78 is 0. The van der Waals surface area contributed by atoms with Gasteiger partial charge in [-0.25, -0.2) is 0 Å². The monoisotopic (exact) mass is 253 g/mol. The maximum absolute atomic E-state index is 4.66. The highest BCUT2D eigenvalue weighted by atomic mass is 32.2. The molecule has 2 unspecified atom stereocenters. The minimum atomic E-state index is 0.520. The van der Waals surface area contributed by atoms with Crippen molar-refractivity contribution in [3.8, 4) is 0 Å². The Balaban J connectivity index is 1.70. The number of aromatic nitrogens is 3. The quantitative estimate of drug-likeness (QED) is 0.828. The average Bonchev–Trinajstić information content (AvgIpc) is 3.00. The first kappa shape index (κ1) is 11.3. The molecule has 0 aromatic carbocycles. The van der Waals surface area contributed by atoms with E-state index in [4.69, 9.17) is 0 Å². The number of thioether (sulfide) groups is 1. The molecule has 0 bridgehead atoms. The smallest absolute Gasteiger partial charge is 0.244 e. The summed E-state index contributed by atoms with van der Waals surface area (Å²) in [6.07, 6.45) is 2.54. The summed E-state index contributed by atoms with van der Waals surface area (Å²) in [5.74, 6) is 3.19. The third-order valence-corrected chi connectivity index (χ3v) is 4.76. The van der Waals surface area contributed by atoms with E-state index in [0.717, 1.165) is 31.4 Å². The average molecular weight is 253 g/mol. The Morgan fingerprint density at radius 2 is 2.41 bits per heavy atom. The predicted octanol–water partition coefficient (Wildman–Crippen LogP) is 1.17. The van der Waals surface area contributed by atoms with Crippen molar-refractivity contribution >= 4 is 17.7 Å². The highest BCUT2D eigenvalue weighted by Crippen LogP contribution is 2.38. The van der Waals surface area contributed by atoms with Crippen LogP contribution in [0.5, 0.6) is 0 Å². The molecule has 2 N–H and O–H groups in total. The minimum Gasteiger partial charge on any atom is -0.337 e. The standard InChI is InChI=1S/C11H19N5S/c1-8-7-16(5-4-12-8)11-13-10(14-15-11)9-3-2-6-17-9/h8-9,12H,2-7H2,1H3,(H,13,14,15). The highest BCUT2D eigenvalue weighted by molar-refractivity contribution is 7.99. The number of piperazine rings is 1. The van der Waals surface area contributed by atoms with Gasteiger partial charge in [-0.3, -0.25) is 5.10 Å². The van der Waals surface area contributed by atoms with Crippen LogP contribution in [0.4, 0.5) is 5.95 Å². The molecule has 17 heavy (non-hydrogen) atoms. The molecule has 0 aliphatic carbocycles. The van der Waals surface area contributed by atoms with Gasteiger partial charge in [-0.1, -0.05) is 0 Å². The molecule has 3 rings (SSSR count). The zero-order valence-electron chi connectivity index (χ0n) is 10.1. The molecule has 3 heterocycles. The van der Waals surface area contributed by atoms with E-state index >= 15 is 0 Å². The van der Waals surface area contributed by atoms with E-state index in [1.165, 1.54) is 18.6 Å². The Morgan fingerprint density at radius 3 is 3.18 bits per heavy atom. The van der Waals surface area contributed by atoms with Crippen molar-refractivity contribution in [2.75, 3.05) is 30.3 Å². The van der Waals surface area contributed by atoms with Crippen molar-refractivity contribution in [2.45, 2.75) is 31.1 Å². The van der Waals surface area contributed by atoms with E-state index in [1.54, 1.807) is 0 Å². The van der Waals surface area contributed by atoms with Gasteiger partial charge in [0.15, 0.2) is 0 Å². The largest absolute Gasteiger partial charge is 0.337 e. The molecular weight excluding hydrogens is 234 g/mol. The van der Waals surface area contributed by atoms with E-state index in [1.807, 2.05) is 11.8 Å². The second kappa shape index (κ2) is 4.86. The molecule has 2 fully saturated rings. The third-order valence-electron chi connectivity index (χ3n) is 3.38. The first-order valence-corrected chi connectivity index (χ1v) is 7.40. The first-order chi connectivity index (χ1) is 8.33. The summed E-state index contributed by atoms with van der Waals surface area (Å²) in [7, 11) is 0. The number of H-pyrrole nitrogens is 1. The molecule has 0 radical (unpaired) electrons. The van der Waals surface area contributed by atoms with Crippen molar-refractivity contribution in [3.63, 3.8) is 0 Å². The van der Waals surface area contributed by atoms with E-state index in [9.17, 15) is 0 Å². The van der Waals surface area contributed by atoms with Gasteiger partial charge < -0.3 is 10.2 Å². The molecule has 94 valence electrons. The molecule has 1 aromatic heterocycles. The third kappa shape index (κ3) is 2.42. The molecular formula is C11H19N5S. The lowest BCUT2D eigenvalue weighted by Crippen LogP contribution is -2.49. The summed E-state index contributed by atoms with van der Waals surface area (Å²) >= 11 is 1.99. The second-order valence-electron chi connectivity index (χ2n) is 4.82. The van der Waals surface area contributed by atoms with E-state index < -0.39 is 0 Å². The molecule has 6 heteroatoms. The Labute approximate surface area is 106 Å². The number of nitrogens with one attached hydrogen (secondary N) is 2. The van der Waals surface area contributed by atoms with Crippen LogP contribution >= 0.6 is 11.8 Å². The lowest BCUT2D eigenvalue weighted by atomic mass is 10.2. The van der Waals surface area contributed by atoms with Gasteiger partial charge >= 0.3 is 0 Å². The van der Waals surface area contributed by atoms with Crippen LogP contribution in [-0.2, 0) is 0 Å². The topological polar surface area (TPSA) is 56.8 Å². The SMILES string of the molecule is CC1CN(c2n[nH]c(C3CCCS3)n2)CCN1. The van der Waals surface area contributed by atoms with E-state index in [2.05, 4.69) is 32.3 Å². The van der Waals surface area contributed by atoms with Crippen LogP contribution in [0.3, 0.4) is 0 Å². The highest BCUT2D eigenvalue weighted by Gasteiger charge is 2.24. The second-order valence-corrected chi connectivity index (χ2v) is 6.13. The molecule has 0 amide bonds. The van der Waals surface area contributed by atoms with Crippen molar-refractivity contribution < 1.29 is 0 Å².